The van der Waals surface area contributed by atoms with E-state index in [1.165, 1.54) is 0 Å². The number of hydrogen-bond acceptors (Lipinski definition) is 15. The fourth-order valence-corrected chi connectivity index (χ4v) is 7.78. The lowest BCUT2D eigenvalue weighted by atomic mass is 9.98. The third-order valence-corrected chi connectivity index (χ3v) is 11.7. The van der Waals surface area contributed by atoms with Crippen LogP contribution in [0.1, 0.15) is 126 Å². The molecule has 0 spiro atoms. The Morgan fingerprint density at radius 3 is 0.963 bits per heavy atom. The zero-order chi connectivity index (χ0) is 61.4. The van der Waals surface area contributed by atoms with Gasteiger partial charge in [-0.3, -0.25) is 58.1 Å². The van der Waals surface area contributed by atoms with Gasteiger partial charge in [0.1, 0.15) is 48.3 Å². The SMILES string of the molecule is CC(C)C[C@H](NC(=O)[C@H](CC(C)C)NC(=O)[C@H](CC(C)C)NC(=O)[C@H](CCCN=C(N)N)NC(=O)[C@H](CC(N)=O)NC(=O)[C@H](CO)NC(=O)[C@H](CC(C)C)NC(=O)[C@@H](N)CCCN=C(N)N)C(=O)N[C@@H](CCCN=C(N)N)C(=O)O. The van der Waals surface area contributed by atoms with Gasteiger partial charge >= 0.3 is 5.97 Å². The second-order valence-electron chi connectivity index (χ2n) is 21.2. The summed E-state index contributed by atoms with van der Waals surface area (Å²) in [6.07, 6.45) is -0.0357. The van der Waals surface area contributed by atoms with Gasteiger partial charge in [-0.1, -0.05) is 55.4 Å². The summed E-state index contributed by atoms with van der Waals surface area (Å²) < 4.78 is 0. The first-order valence-electron chi connectivity index (χ1n) is 26.7. The van der Waals surface area contributed by atoms with Crippen molar-refractivity contribution < 1.29 is 58.2 Å². The summed E-state index contributed by atoms with van der Waals surface area (Å²) in [6, 6.07) is -12.6. The van der Waals surface area contributed by atoms with Gasteiger partial charge in [0.05, 0.1) is 19.1 Å². The number of carbonyl (C=O) groups is 10. The van der Waals surface area contributed by atoms with E-state index in [1.54, 1.807) is 55.4 Å². The van der Waals surface area contributed by atoms with Crippen LogP contribution in [0.15, 0.2) is 15.0 Å². The minimum atomic E-state index is -1.81. The summed E-state index contributed by atoms with van der Waals surface area (Å²) in [6.45, 7) is 13.5. The molecule has 31 nitrogen and oxygen atoms in total. The molecule has 0 fully saturated rings. The molecule has 9 amide bonds. The summed E-state index contributed by atoms with van der Waals surface area (Å²) in [5.74, 6) is -10.9. The highest BCUT2D eigenvalue weighted by Gasteiger charge is 2.36. The zero-order valence-electron chi connectivity index (χ0n) is 47.5. The summed E-state index contributed by atoms with van der Waals surface area (Å²) in [7, 11) is 0. The van der Waals surface area contributed by atoms with Crippen LogP contribution in [0.2, 0.25) is 0 Å². The highest BCUT2D eigenvalue weighted by atomic mass is 16.4. The van der Waals surface area contributed by atoms with Gasteiger partial charge in [0.15, 0.2) is 17.9 Å². The number of carbonyl (C=O) groups excluding carboxylic acids is 9. The van der Waals surface area contributed by atoms with Crippen molar-refractivity contribution in [1.82, 2.24) is 42.5 Å². The van der Waals surface area contributed by atoms with Crippen LogP contribution in [0.4, 0.5) is 0 Å². The predicted molar refractivity (Wildman–Crippen MR) is 300 cm³/mol. The molecule has 80 heavy (non-hydrogen) atoms. The van der Waals surface area contributed by atoms with Gasteiger partial charge in [0.25, 0.3) is 0 Å². The van der Waals surface area contributed by atoms with Crippen LogP contribution in [-0.4, -0.2) is 168 Å². The van der Waals surface area contributed by atoms with Gasteiger partial charge < -0.3 is 98.6 Å². The number of aliphatic carboxylic acids is 1. The van der Waals surface area contributed by atoms with Crippen LogP contribution >= 0.6 is 0 Å². The first kappa shape index (κ1) is 72.4. The molecular weight excluding hydrogens is 1050 g/mol. The number of rotatable bonds is 40. The average molecular weight is 1140 g/mol. The van der Waals surface area contributed by atoms with Gasteiger partial charge in [-0.2, -0.15) is 0 Å². The van der Waals surface area contributed by atoms with Crippen molar-refractivity contribution in [2.75, 3.05) is 26.2 Å². The van der Waals surface area contributed by atoms with Crippen LogP contribution < -0.4 is 88.4 Å². The lowest BCUT2D eigenvalue weighted by Crippen LogP contribution is -2.61. The average Bonchev–Trinajstić information content (AvgIpc) is 3.33. The maximum Gasteiger partial charge on any atom is 0.326 e. The van der Waals surface area contributed by atoms with E-state index in [0.29, 0.717) is 6.42 Å². The largest absolute Gasteiger partial charge is 0.480 e. The maximum atomic E-state index is 14.3. The van der Waals surface area contributed by atoms with Crippen LogP contribution in [0.3, 0.4) is 0 Å². The van der Waals surface area contributed by atoms with E-state index in [1.807, 2.05) is 0 Å². The first-order valence-corrected chi connectivity index (χ1v) is 26.7. The Balaban J connectivity index is 6.72. The number of guanidine groups is 3. The maximum absolute atomic E-state index is 14.3. The molecule has 0 aliphatic carbocycles. The first-order chi connectivity index (χ1) is 37.3. The molecule has 456 valence electrons. The Bertz CT molecular complexity index is 2130. The number of primary amides is 1. The lowest BCUT2D eigenvalue weighted by molar-refractivity contribution is -0.142. The lowest BCUT2D eigenvalue weighted by Gasteiger charge is -2.29. The number of nitrogens with one attached hydrogen (secondary N) is 8. The van der Waals surface area contributed by atoms with Crippen molar-refractivity contribution >= 4 is 77.0 Å². The number of amides is 9. The molecule has 0 bridgehead atoms. The monoisotopic (exact) mass is 1140 g/mol. The number of carboxylic acids is 1. The summed E-state index contributed by atoms with van der Waals surface area (Å²) >= 11 is 0. The highest BCUT2D eigenvalue weighted by molar-refractivity contribution is 5.99. The third kappa shape index (κ3) is 31.7. The van der Waals surface area contributed by atoms with Crippen molar-refractivity contribution in [3.8, 4) is 0 Å². The number of carboxylic acid groups (broad SMARTS) is 1. The number of aliphatic hydroxyl groups excluding tert-OH is 1. The topological polar surface area (TPSA) is 553 Å². The van der Waals surface area contributed by atoms with Crippen molar-refractivity contribution in [2.24, 2.45) is 84.5 Å². The standard InChI is InChI=1S/C49H93N19O12/c1-24(2)18-31(63-38(71)28(50)12-9-15-58-47(52)53)43(76)68-36(23-69)45(78)67-35(22-37(51)70)44(77)61-29(13-10-16-59-48(54)55)39(72)64-33(20-26(5)6)41(74)66-34(21-27(7)8)42(75)65-32(19-25(3)4)40(73)62-30(46(79)80)14-11-17-60-49(56)57/h24-36,69H,9-23,50H2,1-8H3,(H2,51,70)(H,61,77)(H,62,73)(H,63,71)(H,64,72)(H,65,75)(H,66,74)(H,67,78)(H,68,76)(H,79,80)(H4,52,53,58)(H4,54,55,59)(H4,56,57,60)/t28-,29-,30-,31-,32-,33-,34-,35-,36-/m0/s1. The molecule has 0 aromatic rings. The van der Waals surface area contributed by atoms with E-state index in [0.717, 1.165) is 0 Å². The molecule has 31 heteroatoms. The van der Waals surface area contributed by atoms with E-state index in [-0.39, 0.29) is 119 Å². The Labute approximate surface area is 467 Å². The second-order valence-corrected chi connectivity index (χ2v) is 21.2. The number of nitrogens with two attached hydrogens (primary N) is 8. The third-order valence-electron chi connectivity index (χ3n) is 11.7. The number of hydrogen-bond donors (Lipinski definition) is 18. The van der Waals surface area contributed by atoms with Gasteiger partial charge in [-0.25, -0.2) is 4.79 Å². The summed E-state index contributed by atoms with van der Waals surface area (Å²) in [4.78, 5) is 146. The smallest absolute Gasteiger partial charge is 0.326 e. The molecule has 0 aliphatic heterocycles. The summed E-state index contributed by atoms with van der Waals surface area (Å²) in [5.41, 5.74) is 43.9. The van der Waals surface area contributed by atoms with E-state index >= 15 is 0 Å². The van der Waals surface area contributed by atoms with Gasteiger partial charge in [0.2, 0.25) is 53.2 Å². The quantitative estimate of drug-likeness (QED) is 0.0155. The predicted octanol–water partition coefficient (Wildman–Crippen LogP) is -5.51. The van der Waals surface area contributed by atoms with E-state index in [9.17, 15) is 58.2 Å². The van der Waals surface area contributed by atoms with Crippen molar-refractivity contribution in [1.29, 1.82) is 0 Å². The Morgan fingerprint density at radius 2 is 0.637 bits per heavy atom. The molecule has 0 radical (unpaired) electrons. The van der Waals surface area contributed by atoms with Crippen LogP contribution in [0.25, 0.3) is 0 Å². The number of aliphatic imine (C=N–C) groups is 3. The van der Waals surface area contributed by atoms with E-state index in [2.05, 4.69) is 57.5 Å². The molecule has 0 heterocycles. The molecule has 0 unspecified atom stereocenters. The number of aliphatic hydroxyl groups is 1. The molecule has 0 saturated carbocycles. The van der Waals surface area contributed by atoms with Gasteiger partial charge in [-0.15, -0.1) is 0 Å². The van der Waals surface area contributed by atoms with Crippen molar-refractivity contribution in [2.45, 2.75) is 180 Å². The molecule has 9 atom stereocenters. The Morgan fingerprint density at radius 1 is 0.375 bits per heavy atom. The highest BCUT2D eigenvalue weighted by Crippen LogP contribution is 2.14. The van der Waals surface area contributed by atoms with Gasteiger partial charge in [0, 0.05) is 19.6 Å². The Hall–Kier alpha value is -7.57. The summed E-state index contributed by atoms with van der Waals surface area (Å²) in [5, 5.41) is 40.3. The Kier molecular flexibility index (Phi) is 34.5. The van der Waals surface area contributed by atoms with E-state index < -0.39 is 127 Å². The normalized spacial score (nSPS) is 14.5. The van der Waals surface area contributed by atoms with Crippen molar-refractivity contribution in [3.05, 3.63) is 0 Å². The number of nitrogens with zero attached hydrogens (tertiary/aromatic N) is 3. The molecule has 0 saturated heterocycles. The van der Waals surface area contributed by atoms with Crippen molar-refractivity contribution in [3.63, 3.8) is 0 Å². The van der Waals surface area contributed by atoms with E-state index in [4.69, 9.17) is 45.9 Å². The molecule has 26 N–H and O–H groups in total. The molecule has 0 aliphatic rings. The fraction of sp³-hybridized carbons (Fsp3) is 0.735. The molecule has 0 aromatic heterocycles. The molecule has 0 aromatic carbocycles. The van der Waals surface area contributed by atoms with Crippen LogP contribution in [0.5, 0.6) is 0 Å². The van der Waals surface area contributed by atoms with Gasteiger partial charge in [-0.05, 0) is 87.9 Å². The second kappa shape index (κ2) is 38.1. The molecular formula is C49H93N19O12. The zero-order valence-corrected chi connectivity index (χ0v) is 47.5. The fourth-order valence-electron chi connectivity index (χ4n) is 7.78. The molecule has 0 rings (SSSR count). The van der Waals surface area contributed by atoms with Crippen LogP contribution in [0, 0.1) is 23.7 Å². The minimum absolute atomic E-state index is 0.00420. The minimum Gasteiger partial charge on any atom is -0.480 e. The van der Waals surface area contributed by atoms with Crippen LogP contribution in [-0.2, 0) is 47.9 Å².